The molecule has 2 bridgehead atoms. The van der Waals surface area contributed by atoms with Crippen molar-refractivity contribution >= 4 is 5.97 Å². The molecule has 2 saturated heterocycles. The lowest BCUT2D eigenvalue weighted by Crippen LogP contribution is -2.30. The van der Waals surface area contributed by atoms with Gasteiger partial charge in [-0.25, -0.2) is 0 Å². The van der Waals surface area contributed by atoms with Crippen molar-refractivity contribution in [2.75, 3.05) is 6.61 Å². The number of rotatable bonds is 3. The van der Waals surface area contributed by atoms with Crippen LogP contribution < -0.4 is 5.32 Å². The molecule has 3 heteroatoms. The lowest BCUT2D eigenvalue weighted by atomic mass is 9.89. The summed E-state index contributed by atoms with van der Waals surface area (Å²) in [6, 6.07) is 0.999. The summed E-state index contributed by atoms with van der Waals surface area (Å²) in [5.74, 6) is 0.159. The van der Waals surface area contributed by atoms with Crippen LogP contribution in [0.3, 0.4) is 0 Å². The second-order valence-corrected chi connectivity index (χ2v) is 4.06. The maximum absolute atomic E-state index is 11.5. The molecule has 2 heterocycles. The van der Waals surface area contributed by atoms with E-state index in [0.717, 1.165) is 19.3 Å². The van der Waals surface area contributed by atoms with Gasteiger partial charge in [0.1, 0.15) is 0 Å². The molecule has 0 aliphatic carbocycles. The summed E-state index contributed by atoms with van der Waals surface area (Å²) in [4.78, 5) is 11.5. The molecule has 0 saturated carbocycles. The Balaban J connectivity index is 1.84. The Morgan fingerprint density at radius 2 is 2.38 bits per heavy atom. The number of hydrogen-bond acceptors (Lipinski definition) is 3. The largest absolute Gasteiger partial charge is 0.465 e. The van der Waals surface area contributed by atoms with Gasteiger partial charge in [0, 0.05) is 12.1 Å². The Bertz CT molecular complexity index is 205. The van der Waals surface area contributed by atoms with Crippen LogP contribution in [0.2, 0.25) is 0 Å². The summed E-state index contributed by atoms with van der Waals surface area (Å²) in [7, 11) is 0. The predicted octanol–water partition coefficient (Wildman–Crippen LogP) is 1.08. The Labute approximate surface area is 78.8 Å². The molecule has 2 aliphatic heterocycles. The van der Waals surface area contributed by atoms with Crippen LogP contribution >= 0.6 is 0 Å². The van der Waals surface area contributed by atoms with Crippen LogP contribution in [0.25, 0.3) is 0 Å². The maximum atomic E-state index is 11.5. The van der Waals surface area contributed by atoms with Gasteiger partial charge in [-0.3, -0.25) is 4.79 Å². The van der Waals surface area contributed by atoms with Crippen LogP contribution in [0.4, 0.5) is 0 Å². The number of carbonyl (C=O) groups excluding carboxylic acids is 1. The monoisotopic (exact) mass is 183 g/mol. The van der Waals surface area contributed by atoms with Crippen molar-refractivity contribution < 1.29 is 9.53 Å². The molecule has 3 unspecified atom stereocenters. The first kappa shape index (κ1) is 9.00. The highest BCUT2D eigenvalue weighted by molar-refractivity contribution is 5.74. The highest BCUT2D eigenvalue weighted by Gasteiger charge is 2.43. The number of hydrogen-bond donors (Lipinski definition) is 1. The van der Waals surface area contributed by atoms with E-state index in [4.69, 9.17) is 4.74 Å². The van der Waals surface area contributed by atoms with Crippen LogP contribution in [0.1, 0.15) is 32.6 Å². The van der Waals surface area contributed by atoms with Gasteiger partial charge < -0.3 is 10.1 Å². The van der Waals surface area contributed by atoms with Gasteiger partial charge in [-0.05, 0) is 25.7 Å². The average Bonchev–Trinajstić information content (AvgIpc) is 2.74. The topological polar surface area (TPSA) is 38.3 Å². The van der Waals surface area contributed by atoms with E-state index in [1.165, 1.54) is 6.42 Å². The van der Waals surface area contributed by atoms with Crippen LogP contribution in [0, 0.1) is 5.92 Å². The molecule has 0 aromatic heterocycles. The van der Waals surface area contributed by atoms with E-state index in [0.29, 0.717) is 18.7 Å². The van der Waals surface area contributed by atoms with Gasteiger partial charge in [-0.15, -0.1) is 0 Å². The van der Waals surface area contributed by atoms with Crippen LogP contribution in [-0.2, 0) is 9.53 Å². The minimum atomic E-state index is 0.0153. The second-order valence-electron chi connectivity index (χ2n) is 4.06. The first-order chi connectivity index (χ1) is 6.31. The lowest BCUT2D eigenvalue weighted by Gasteiger charge is -2.18. The molecule has 74 valence electrons. The van der Waals surface area contributed by atoms with E-state index < -0.39 is 0 Å². The number of fused-ring (bicyclic) bond motifs is 2. The van der Waals surface area contributed by atoms with Gasteiger partial charge in [0.25, 0.3) is 0 Å². The fourth-order valence-electron chi connectivity index (χ4n) is 2.39. The normalized spacial score (nSPS) is 36.5. The Morgan fingerprint density at radius 1 is 1.54 bits per heavy atom. The molecule has 3 nitrogen and oxygen atoms in total. The van der Waals surface area contributed by atoms with Gasteiger partial charge in [-0.2, -0.15) is 0 Å². The lowest BCUT2D eigenvalue weighted by molar-refractivity contribution is -0.149. The quantitative estimate of drug-likeness (QED) is 0.665. The van der Waals surface area contributed by atoms with Gasteiger partial charge in [0.2, 0.25) is 0 Å². The summed E-state index contributed by atoms with van der Waals surface area (Å²) >= 11 is 0. The first-order valence-corrected chi connectivity index (χ1v) is 5.24. The van der Waals surface area contributed by atoms with E-state index in [1.807, 2.05) is 6.92 Å². The minimum absolute atomic E-state index is 0.0153. The molecule has 0 spiro atoms. The molecular weight excluding hydrogens is 166 g/mol. The third kappa shape index (κ3) is 1.70. The zero-order valence-electron chi connectivity index (χ0n) is 8.08. The molecule has 3 atom stereocenters. The highest BCUT2D eigenvalue weighted by Crippen LogP contribution is 2.33. The van der Waals surface area contributed by atoms with Crippen molar-refractivity contribution in [3.05, 3.63) is 0 Å². The summed E-state index contributed by atoms with van der Waals surface area (Å²) in [5, 5.41) is 3.43. The second kappa shape index (κ2) is 3.66. The van der Waals surface area contributed by atoms with Gasteiger partial charge in [-0.1, -0.05) is 6.92 Å². The van der Waals surface area contributed by atoms with Crippen molar-refractivity contribution in [2.45, 2.75) is 44.7 Å². The molecular formula is C10H17NO2. The summed E-state index contributed by atoms with van der Waals surface area (Å²) in [5.41, 5.74) is 0. The molecule has 2 rings (SSSR count). The zero-order valence-corrected chi connectivity index (χ0v) is 8.08. The fraction of sp³-hybridized carbons (Fsp3) is 0.900. The zero-order chi connectivity index (χ0) is 9.26. The van der Waals surface area contributed by atoms with Crippen LogP contribution in [-0.4, -0.2) is 24.7 Å². The third-order valence-electron chi connectivity index (χ3n) is 3.05. The van der Waals surface area contributed by atoms with Gasteiger partial charge in [0.05, 0.1) is 12.5 Å². The number of nitrogens with one attached hydrogen (secondary N) is 1. The molecule has 0 aromatic carbocycles. The Morgan fingerprint density at radius 3 is 2.92 bits per heavy atom. The Hall–Kier alpha value is -0.570. The van der Waals surface area contributed by atoms with Crippen LogP contribution in [0.15, 0.2) is 0 Å². The number of ether oxygens (including phenoxy) is 1. The summed E-state index contributed by atoms with van der Waals surface area (Å²) < 4.78 is 5.15. The van der Waals surface area contributed by atoms with E-state index in [-0.39, 0.29) is 11.9 Å². The highest BCUT2D eigenvalue weighted by atomic mass is 16.5. The molecule has 0 amide bonds. The summed E-state index contributed by atoms with van der Waals surface area (Å²) in [6.07, 6.45) is 4.30. The molecule has 2 aliphatic rings. The van der Waals surface area contributed by atoms with Gasteiger partial charge >= 0.3 is 5.97 Å². The van der Waals surface area contributed by atoms with Crippen LogP contribution in [0.5, 0.6) is 0 Å². The SMILES string of the molecule is CCCOC(=O)C1CC2CCC1N2. The van der Waals surface area contributed by atoms with E-state index >= 15 is 0 Å². The number of carbonyl (C=O) groups is 1. The van der Waals surface area contributed by atoms with Crippen molar-refractivity contribution in [1.29, 1.82) is 0 Å². The number of esters is 1. The molecule has 0 radical (unpaired) electrons. The standard InChI is InChI=1S/C10H17NO2/c1-2-5-13-10(12)8-6-7-3-4-9(8)11-7/h7-9,11H,2-6H2,1H3. The van der Waals surface area contributed by atoms with Crippen molar-refractivity contribution in [3.63, 3.8) is 0 Å². The molecule has 2 fully saturated rings. The van der Waals surface area contributed by atoms with Crippen molar-refractivity contribution in [1.82, 2.24) is 5.32 Å². The Kier molecular flexibility index (Phi) is 2.54. The maximum Gasteiger partial charge on any atom is 0.310 e. The van der Waals surface area contributed by atoms with E-state index in [9.17, 15) is 4.79 Å². The molecule has 13 heavy (non-hydrogen) atoms. The third-order valence-corrected chi connectivity index (χ3v) is 3.05. The molecule has 1 N–H and O–H groups in total. The van der Waals surface area contributed by atoms with E-state index in [2.05, 4.69) is 5.32 Å². The van der Waals surface area contributed by atoms with Gasteiger partial charge in [0.15, 0.2) is 0 Å². The van der Waals surface area contributed by atoms with Crippen molar-refractivity contribution in [2.24, 2.45) is 5.92 Å². The fourth-order valence-corrected chi connectivity index (χ4v) is 2.39. The smallest absolute Gasteiger partial charge is 0.310 e. The predicted molar refractivity (Wildman–Crippen MR) is 49.3 cm³/mol. The van der Waals surface area contributed by atoms with E-state index in [1.54, 1.807) is 0 Å². The first-order valence-electron chi connectivity index (χ1n) is 5.24. The minimum Gasteiger partial charge on any atom is -0.465 e. The average molecular weight is 183 g/mol. The summed E-state index contributed by atoms with van der Waals surface area (Å²) in [6.45, 7) is 2.60. The molecule has 0 aromatic rings. The van der Waals surface area contributed by atoms with Crippen molar-refractivity contribution in [3.8, 4) is 0 Å².